The smallest absolute Gasteiger partial charge is 0.334 e. The molecule has 0 unspecified atom stereocenters. The van der Waals surface area contributed by atoms with Gasteiger partial charge in [0.1, 0.15) is 5.56 Å². The molecule has 1 heterocycles. The number of Topliss-reactive ketones (excluding diaryl/α,β-unsaturated/α-hetero) is 1. The Kier molecular flexibility index (Phi) is 7.15. The number of aromatic nitrogens is 2. The number of allylic oxidation sites excluding steroid dienone is 2. The molecular formula is C22H28N2O4. The number of ketones is 1. The lowest BCUT2D eigenvalue weighted by Crippen LogP contribution is -2.43. The van der Waals surface area contributed by atoms with E-state index in [0.717, 1.165) is 20.3 Å². The van der Waals surface area contributed by atoms with Gasteiger partial charge in [0, 0.05) is 19.5 Å². The summed E-state index contributed by atoms with van der Waals surface area (Å²) in [5.74, 6) is -0.776. The highest BCUT2D eigenvalue weighted by Crippen LogP contribution is 2.15. The fraction of sp³-hybridized carbons (Fsp3) is 0.409. The molecule has 0 saturated carbocycles. The molecule has 1 aromatic carbocycles. The van der Waals surface area contributed by atoms with Gasteiger partial charge in [0.2, 0.25) is 5.88 Å². The second-order valence-corrected chi connectivity index (χ2v) is 7.60. The highest BCUT2D eigenvalue weighted by atomic mass is 16.3. The number of hydrogen-bond donors (Lipinski definition) is 1. The van der Waals surface area contributed by atoms with E-state index in [1.807, 2.05) is 33.8 Å². The summed E-state index contributed by atoms with van der Waals surface area (Å²) in [4.78, 5) is 38.5. The minimum atomic E-state index is -0.725. The topological polar surface area (TPSA) is 81.3 Å². The van der Waals surface area contributed by atoms with Crippen molar-refractivity contribution in [2.75, 3.05) is 0 Å². The molecule has 0 fully saturated rings. The summed E-state index contributed by atoms with van der Waals surface area (Å²) in [6.45, 7) is 8.04. The molecule has 2 aromatic rings. The third-order valence-corrected chi connectivity index (χ3v) is 4.50. The zero-order chi connectivity index (χ0) is 20.8. The van der Waals surface area contributed by atoms with E-state index in [-0.39, 0.29) is 31.0 Å². The Morgan fingerprint density at radius 1 is 1.11 bits per heavy atom. The number of hydrogen-bond acceptors (Lipinski definition) is 4. The van der Waals surface area contributed by atoms with E-state index in [1.54, 1.807) is 30.3 Å². The Bertz CT molecular complexity index is 978. The predicted molar refractivity (Wildman–Crippen MR) is 110 cm³/mol. The van der Waals surface area contributed by atoms with E-state index < -0.39 is 22.9 Å². The quantitative estimate of drug-likeness (QED) is 0.560. The van der Waals surface area contributed by atoms with E-state index >= 15 is 0 Å². The van der Waals surface area contributed by atoms with Crippen molar-refractivity contribution in [2.45, 2.75) is 53.6 Å². The molecule has 1 aromatic heterocycles. The third kappa shape index (κ3) is 5.09. The summed E-state index contributed by atoms with van der Waals surface area (Å²) in [6.07, 6.45) is 2.37. The highest BCUT2D eigenvalue weighted by molar-refractivity contribution is 5.99. The van der Waals surface area contributed by atoms with Crippen molar-refractivity contribution in [3.8, 4) is 5.88 Å². The maximum atomic E-state index is 12.9. The lowest BCUT2D eigenvalue weighted by Gasteiger charge is -2.15. The summed E-state index contributed by atoms with van der Waals surface area (Å²) in [5, 5.41) is 10.6. The number of aromatic hydroxyl groups is 1. The molecule has 0 radical (unpaired) electrons. The number of carbonyl (C=O) groups is 1. The van der Waals surface area contributed by atoms with Crippen molar-refractivity contribution in [2.24, 2.45) is 5.92 Å². The standard InChI is InChI=1S/C22H28N2O4/c1-15(2)10-12-23-20(26)19(18(25)14-17-8-6-5-7-9-17)21(27)24(22(23)28)13-11-16(3)4/h5-10,16,26H,11-14H2,1-4H3. The van der Waals surface area contributed by atoms with Crippen LogP contribution in [0.15, 0.2) is 51.6 Å². The fourth-order valence-electron chi connectivity index (χ4n) is 2.83. The van der Waals surface area contributed by atoms with Gasteiger partial charge in [0.25, 0.3) is 5.56 Å². The first kappa shape index (κ1) is 21.4. The van der Waals surface area contributed by atoms with Gasteiger partial charge in [-0.25, -0.2) is 4.79 Å². The molecule has 0 aliphatic carbocycles. The Hall–Kier alpha value is -2.89. The fourth-order valence-corrected chi connectivity index (χ4v) is 2.83. The van der Waals surface area contributed by atoms with Crippen LogP contribution in [0.2, 0.25) is 0 Å². The first-order chi connectivity index (χ1) is 13.2. The first-order valence-corrected chi connectivity index (χ1v) is 9.49. The van der Waals surface area contributed by atoms with E-state index in [9.17, 15) is 19.5 Å². The Balaban J connectivity index is 2.58. The van der Waals surface area contributed by atoms with Crippen molar-refractivity contribution in [3.05, 3.63) is 73.9 Å². The third-order valence-electron chi connectivity index (χ3n) is 4.50. The molecule has 0 spiro atoms. The molecule has 150 valence electrons. The second-order valence-electron chi connectivity index (χ2n) is 7.60. The van der Waals surface area contributed by atoms with Crippen molar-refractivity contribution < 1.29 is 9.90 Å². The second kappa shape index (κ2) is 9.35. The summed E-state index contributed by atoms with van der Waals surface area (Å²) >= 11 is 0. The van der Waals surface area contributed by atoms with E-state index in [2.05, 4.69) is 0 Å². The van der Waals surface area contributed by atoms with Gasteiger partial charge < -0.3 is 5.11 Å². The van der Waals surface area contributed by atoms with Gasteiger partial charge >= 0.3 is 5.69 Å². The van der Waals surface area contributed by atoms with Crippen LogP contribution in [0.3, 0.4) is 0 Å². The van der Waals surface area contributed by atoms with Crippen LogP contribution in [0.5, 0.6) is 5.88 Å². The average molecular weight is 384 g/mol. The minimum Gasteiger partial charge on any atom is -0.494 e. The molecule has 0 atom stereocenters. The number of carbonyl (C=O) groups excluding carboxylic acids is 1. The molecule has 28 heavy (non-hydrogen) atoms. The summed E-state index contributed by atoms with van der Waals surface area (Å²) < 4.78 is 2.16. The van der Waals surface area contributed by atoms with Gasteiger partial charge in [-0.3, -0.25) is 18.7 Å². The minimum absolute atomic E-state index is 0.0192. The zero-order valence-corrected chi connectivity index (χ0v) is 16.9. The van der Waals surface area contributed by atoms with E-state index in [0.29, 0.717) is 6.42 Å². The first-order valence-electron chi connectivity index (χ1n) is 9.49. The maximum absolute atomic E-state index is 12.9. The van der Waals surface area contributed by atoms with Gasteiger partial charge in [0.05, 0.1) is 0 Å². The lowest BCUT2D eigenvalue weighted by molar-refractivity contribution is 0.0986. The Morgan fingerprint density at radius 2 is 1.75 bits per heavy atom. The molecular weight excluding hydrogens is 356 g/mol. The zero-order valence-electron chi connectivity index (χ0n) is 16.9. The van der Waals surface area contributed by atoms with Crippen LogP contribution in [0.4, 0.5) is 0 Å². The Labute approximate surface area is 164 Å². The molecule has 0 aliphatic rings. The van der Waals surface area contributed by atoms with E-state index in [1.165, 1.54) is 0 Å². The largest absolute Gasteiger partial charge is 0.494 e. The van der Waals surface area contributed by atoms with Gasteiger partial charge in [0.15, 0.2) is 5.78 Å². The number of rotatable bonds is 8. The molecule has 6 heteroatoms. The van der Waals surface area contributed by atoms with Crippen LogP contribution < -0.4 is 11.2 Å². The molecule has 1 N–H and O–H groups in total. The molecule has 0 bridgehead atoms. The molecule has 0 saturated heterocycles. The number of benzene rings is 1. The van der Waals surface area contributed by atoms with E-state index in [4.69, 9.17) is 0 Å². The highest BCUT2D eigenvalue weighted by Gasteiger charge is 2.24. The van der Waals surface area contributed by atoms with Gasteiger partial charge in [-0.1, -0.05) is 55.8 Å². The van der Waals surface area contributed by atoms with Gasteiger partial charge in [-0.05, 0) is 31.7 Å². The normalized spacial score (nSPS) is 10.9. The van der Waals surface area contributed by atoms with Gasteiger partial charge in [-0.2, -0.15) is 0 Å². The lowest BCUT2D eigenvalue weighted by atomic mass is 10.0. The number of nitrogens with zero attached hydrogens (tertiary/aromatic N) is 2. The van der Waals surface area contributed by atoms with Crippen molar-refractivity contribution in [1.29, 1.82) is 0 Å². The summed E-state index contributed by atoms with van der Waals surface area (Å²) in [5.41, 5.74) is 0.0503. The van der Waals surface area contributed by atoms with Crippen molar-refractivity contribution >= 4 is 5.78 Å². The van der Waals surface area contributed by atoms with Crippen LogP contribution in [0.25, 0.3) is 0 Å². The van der Waals surface area contributed by atoms with Crippen molar-refractivity contribution in [3.63, 3.8) is 0 Å². The predicted octanol–water partition coefficient (Wildman–Crippen LogP) is 3.15. The van der Waals surface area contributed by atoms with Crippen LogP contribution >= 0.6 is 0 Å². The average Bonchev–Trinajstić information content (AvgIpc) is 2.61. The monoisotopic (exact) mass is 384 g/mol. The van der Waals surface area contributed by atoms with Crippen LogP contribution in [0, 0.1) is 5.92 Å². The SMILES string of the molecule is CC(C)=CCn1c(O)c(C(=O)Cc2ccccc2)c(=O)n(CCC(C)C)c1=O. The maximum Gasteiger partial charge on any atom is 0.334 e. The van der Waals surface area contributed by atoms with Gasteiger partial charge in [-0.15, -0.1) is 0 Å². The van der Waals surface area contributed by atoms with Crippen LogP contribution in [-0.4, -0.2) is 20.0 Å². The van der Waals surface area contributed by atoms with Crippen LogP contribution in [-0.2, 0) is 19.5 Å². The van der Waals surface area contributed by atoms with Crippen molar-refractivity contribution in [1.82, 2.24) is 9.13 Å². The molecule has 0 amide bonds. The van der Waals surface area contributed by atoms with Crippen LogP contribution in [0.1, 0.15) is 50.0 Å². The Morgan fingerprint density at radius 3 is 2.32 bits per heavy atom. The summed E-state index contributed by atoms with van der Waals surface area (Å²) in [7, 11) is 0. The molecule has 0 aliphatic heterocycles. The summed E-state index contributed by atoms with van der Waals surface area (Å²) in [6, 6.07) is 9.01. The molecule has 6 nitrogen and oxygen atoms in total. The molecule has 2 rings (SSSR count).